The van der Waals surface area contributed by atoms with Gasteiger partial charge in [-0.1, -0.05) is 69.6 Å². The molecule has 6 rings (SSSR count). The van der Waals surface area contributed by atoms with E-state index in [4.69, 9.17) is 69.6 Å². The summed E-state index contributed by atoms with van der Waals surface area (Å²) < 4.78 is 27.2. The van der Waals surface area contributed by atoms with Crippen LogP contribution in [-0.2, 0) is 9.84 Å². The summed E-state index contributed by atoms with van der Waals surface area (Å²) in [4.78, 5) is 52.9. The molecule has 0 bridgehead atoms. The molecule has 15 heteroatoms. The average molecular weight is 715 g/mol. The maximum Gasteiger partial charge on any atom is 0.267 e. The van der Waals surface area contributed by atoms with E-state index >= 15 is 0 Å². The number of hydrogen-bond donors (Lipinski definition) is 0. The lowest BCUT2D eigenvalue weighted by Crippen LogP contribution is -2.29. The van der Waals surface area contributed by atoms with Crippen molar-refractivity contribution >= 4 is 114 Å². The van der Waals surface area contributed by atoms with Crippen LogP contribution in [0.15, 0.2) is 70.5 Å². The number of sulfone groups is 1. The molecule has 2 aliphatic rings. The molecule has 0 saturated heterocycles. The van der Waals surface area contributed by atoms with Crippen LogP contribution in [0, 0.1) is 0 Å². The Morgan fingerprint density at radius 2 is 0.837 bits per heavy atom. The Labute approximate surface area is 273 Å². The Morgan fingerprint density at radius 1 is 0.465 bits per heavy atom. The summed E-state index contributed by atoms with van der Waals surface area (Å²) in [5.74, 6) is -2.90. The van der Waals surface area contributed by atoms with E-state index in [1.807, 2.05) is 0 Å². The van der Waals surface area contributed by atoms with Gasteiger partial charge in [0.05, 0.1) is 73.6 Å². The number of imide groups is 2. The van der Waals surface area contributed by atoms with Gasteiger partial charge in [0.15, 0.2) is 0 Å². The van der Waals surface area contributed by atoms with Crippen LogP contribution in [0.25, 0.3) is 0 Å². The number of nitrogens with zero attached hydrogens (tertiary/aromatic N) is 2. The van der Waals surface area contributed by atoms with Crippen molar-refractivity contribution in [2.24, 2.45) is 0 Å². The molecule has 0 fully saturated rings. The van der Waals surface area contributed by atoms with Gasteiger partial charge >= 0.3 is 0 Å². The highest BCUT2D eigenvalue weighted by Gasteiger charge is 2.41. The van der Waals surface area contributed by atoms with Crippen molar-refractivity contribution in [3.63, 3.8) is 0 Å². The van der Waals surface area contributed by atoms with Gasteiger partial charge in [0.1, 0.15) is 0 Å². The fourth-order valence-corrected chi connectivity index (χ4v) is 7.93. The predicted molar refractivity (Wildman–Crippen MR) is 164 cm³/mol. The summed E-state index contributed by atoms with van der Waals surface area (Å²) in [6.07, 6.45) is 0. The number of hydrogen-bond acceptors (Lipinski definition) is 6. The van der Waals surface area contributed by atoms with E-state index in [0.29, 0.717) is 0 Å². The molecule has 4 aromatic rings. The van der Waals surface area contributed by atoms with E-state index in [0.717, 1.165) is 34.1 Å². The topological polar surface area (TPSA) is 109 Å². The third kappa shape index (κ3) is 4.45. The molecular formula is C28H10Cl6N2O6S. The number of benzene rings is 4. The SMILES string of the molecule is O=C1c2ccc(Cl)c(Cl)c2C(=O)N1c1ccc(S(=O)(=O)c2ccc(N3C(=O)c4ccc(Cl)c(Cl)c4C3=O)cc2Cl)c(Cl)c1. The van der Waals surface area contributed by atoms with Gasteiger partial charge in [-0.3, -0.25) is 19.2 Å². The lowest BCUT2D eigenvalue weighted by Gasteiger charge is -2.17. The molecule has 43 heavy (non-hydrogen) atoms. The molecule has 0 radical (unpaired) electrons. The van der Waals surface area contributed by atoms with Crippen LogP contribution >= 0.6 is 69.6 Å². The fourth-order valence-electron chi connectivity index (χ4n) is 4.81. The van der Waals surface area contributed by atoms with Crippen molar-refractivity contribution < 1.29 is 27.6 Å². The maximum atomic E-state index is 13.6. The van der Waals surface area contributed by atoms with E-state index in [1.54, 1.807) is 0 Å². The molecule has 4 aromatic carbocycles. The standard InChI is InChI=1S/C28H10Cl6N2O6S/c29-15-5-3-13-21(23(15)33)27(39)35(25(13)37)11-1-7-19(17(31)9-11)43(41,42)20-8-2-12(10-18(20)32)36-26(38)14-4-6-16(30)24(34)22(14)28(36)40/h1-10H. The first-order chi connectivity index (χ1) is 20.2. The van der Waals surface area contributed by atoms with Gasteiger partial charge in [-0.15, -0.1) is 0 Å². The highest BCUT2D eigenvalue weighted by molar-refractivity contribution is 7.91. The molecule has 0 aromatic heterocycles. The van der Waals surface area contributed by atoms with E-state index in [2.05, 4.69) is 0 Å². The zero-order valence-electron chi connectivity index (χ0n) is 20.8. The third-order valence-electron chi connectivity index (χ3n) is 6.82. The Balaban J connectivity index is 1.33. The highest BCUT2D eigenvalue weighted by atomic mass is 35.5. The molecule has 0 N–H and O–H groups in total. The van der Waals surface area contributed by atoms with E-state index in [-0.39, 0.29) is 73.6 Å². The van der Waals surface area contributed by atoms with Gasteiger partial charge in [0, 0.05) is 0 Å². The van der Waals surface area contributed by atoms with Crippen LogP contribution in [0.1, 0.15) is 41.4 Å². The number of rotatable bonds is 4. The van der Waals surface area contributed by atoms with Crippen LogP contribution < -0.4 is 9.80 Å². The summed E-state index contributed by atoms with van der Waals surface area (Å²) in [6, 6.07) is 12.5. The van der Waals surface area contributed by atoms with Crippen LogP contribution in [-0.4, -0.2) is 32.0 Å². The normalized spacial score (nSPS) is 14.6. The molecule has 0 aliphatic carbocycles. The van der Waals surface area contributed by atoms with Gasteiger partial charge < -0.3 is 0 Å². The maximum absolute atomic E-state index is 13.6. The second kappa shape index (κ2) is 10.5. The quantitative estimate of drug-likeness (QED) is 0.198. The van der Waals surface area contributed by atoms with Crippen LogP contribution in [0.4, 0.5) is 11.4 Å². The number of fused-ring (bicyclic) bond motifs is 2. The molecule has 0 spiro atoms. The van der Waals surface area contributed by atoms with Gasteiger partial charge in [0.2, 0.25) is 9.84 Å². The number of carbonyl (C=O) groups excluding carboxylic acids is 4. The first-order valence-corrected chi connectivity index (χ1v) is 15.6. The highest BCUT2D eigenvalue weighted by Crippen LogP contribution is 2.41. The van der Waals surface area contributed by atoms with Crippen LogP contribution in [0.2, 0.25) is 30.1 Å². The van der Waals surface area contributed by atoms with Crippen molar-refractivity contribution in [2.75, 3.05) is 9.80 Å². The minimum Gasteiger partial charge on any atom is -0.268 e. The molecule has 216 valence electrons. The Hall–Kier alpha value is -3.15. The lowest BCUT2D eigenvalue weighted by molar-refractivity contribution is 0.0910. The molecule has 4 amide bonds. The molecule has 2 aliphatic heterocycles. The van der Waals surface area contributed by atoms with Crippen molar-refractivity contribution in [1.29, 1.82) is 0 Å². The Morgan fingerprint density at radius 3 is 1.19 bits per heavy atom. The van der Waals surface area contributed by atoms with Crippen LogP contribution in [0.5, 0.6) is 0 Å². The zero-order valence-corrected chi connectivity index (χ0v) is 26.1. The second-order valence-corrected chi connectivity index (χ2v) is 13.5. The molecule has 0 unspecified atom stereocenters. The number of anilines is 2. The summed E-state index contributed by atoms with van der Waals surface area (Å²) in [5.41, 5.74) is -0.115. The predicted octanol–water partition coefficient (Wildman–Crippen LogP) is 8.04. The Bertz CT molecular complexity index is 1970. The molecule has 0 saturated carbocycles. The fraction of sp³-hybridized carbons (Fsp3) is 0. The zero-order chi connectivity index (χ0) is 31.1. The smallest absolute Gasteiger partial charge is 0.267 e. The minimum absolute atomic E-state index is 0.00632. The summed E-state index contributed by atoms with van der Waals surface area (Å²) >= 11 is 37.1. The first-order valence-electron chi connectivity index (χ1n) is 11.8. The largest absolute Gasteiger partial charge is 0.268 e. The second-order valence-electron chi connectivity index (χ2n) is 9.19. The van der Waals surface area contributed by atoms with Crippen molar-refractivity contribution in [3.05, 3.63) is 113 Å². The third-order valence-corrected chi connectivity index (χ3v) is 11.1. The van der Waals surface area contributed by atoms with E-state index in [1.165, 1.54) is 36.4 Å². The van der Waals surface area contributed by atoms with Crippen molar-refractivity contribution in [3.8, 4) is 0 Å². The summed E-state index contributed by atoms with van der Waals surface area (Å²) in [6.45, 7) is 0. The van der Waals surface area contributed by atoms with Gasteiger partial charge in [-0.2, -0.15) is 0 Å². The lowest BCUT2D eigenvalue weighted by atomic mass is 10.1. The van der Waals surface area contributed by atoms with Crippen molar-refractivity contribution in [2.45, 2.75) is 9.79 Å². The molecule has 2 heterocycles. The summed E-state index contributed by atoms with van der Waals surface area (Å²) in [7, 11) is -4.38. The Kier molecular flexibility index (Phi) is 7.29. The molecule has 8 nitrogen and oxygen atoms in total. The summed E-state index contributed by atoms with van der Waals surface area (Å²) in [5, 5.41) is -0.632. The van der Waals surface area contributed by atoms with Crippen LogP contribution in [0.3, 0.4) is 0 Å². The monoisotopic (exact) mass is 712 g/mol. The first kappa shape index (κ1) is 29.9. The minimum atomic E-state index is -4.38. The molecular weight excluding hydrogens is 705 g/mol. The number of amides is 4. The van der Waals surface area contributed by atoms with Gasteiger partial charge in [-0.25, -0.2) is 18.2 Å². The van der Waals surface area contributed by atoms with Gasteiger partial charge in [-0.05, 0) is 60.7 Å². The number of halogens is 6. The molecule has 0 atom stereocenters. The van der Waals surface area contributed by atoms with Crippen molar-refractivity contribution in [1.82, 2.24) is 0 Å². The average Bonchev–Trinajstić information content (AvgIpc) is 3.36. The van der Waals surface area contributed by atoms with E-state index in [9.17, 15) is 27.6 Å². The number of carbonyl (C=O) groups is 4. The van der Waals surface area contributed by atoms with E-state index < -0.39 is 33.5 Å². The van der Waals surface area contributed by atoms with Gasteiger partial charge in [0.25, 0.3) is 23.6 Å².